The Hall–Kier alpha value is -5.16. The minimum Gasteiger partial charge on any atom is -0.386 e. The Morgan fingerprint density at radius 3 is 0.864 bits per heavy atom. The van der Waals surface area contributed by atoms with Crippen LogP contribution in [0.2, 0.25) is 0 Å². The van der Waals surface area contributed by atoms with Crippen LogP contribution in [-0.4, -0.2) is 0 Å². The summed E-state index contributed by atoms with van der Waals surface area (Å²) < 4.78 is 62.5. The molecular formula is C34H26O8P2. The first-order valence-corrected chi connectivity index (χ1v) is 16.5. The third kappa shape index (κ3) is 7.61. The van der Waals surface area contributed by atoms with Crippen LogP contribution in [0, 0.1) is 0 Å². The van der Waals surface area contributed by atoms with E-state index < -0.39 is 15.6 Å². The first kappa shape index (κ1) is 28.9. The van der Waals surface area contributed by atoms with Gasteiger partial charge in [0, 0.05) is 0 Å². The molecule has 0 unspecified atom stereocenters. The van der Waals surface area contributed by atoms with E-state index in [1.165, 1.54) is 0 Å². The SMILES string of the molecule is O=P(Oc1ccccc1)(Oc1ccccc1)Oc1ccc2ccc(OP(=O)(Oc3ccccc3)Oc3ccccc3)cc2c1. The van der Waals surface area contributed by atoms with Crippen molar-refractivity contribution < 1.29 is 36.3 Å². The van der Waals surface area contributed by atoms with E-state index in [-0.39, 0.29) is 11.5 Å². The van der Waals surface area contributed by atoms with Crippen molar-refractivity contribution in [1.29, 1.82) is 0 Å². The second kappa shape index (κ2) is 13.0. The van der Waals surface area contributed by atoms with E-state index in [9.17, 15) is 9.13 Å². The summed E-state index contributed by atoms with van der Waals surface area (Å²) in [5, 5.41) is 1.45. The highest BCUT2D eigenvalue weighted by molar-refractivity contribution is 7.50. The third-order valence-electron chi connectivity index (χ3n) is 6.06. The fourth-order valence-corrected chi connectivity index (χ4v) is 6.62. The van der Waals surface area contributed by atoms with Gasteiger partial charge in [-0.1, -0.05) is 84.9 Å². The summed E-state index contributed by atoms with van der Waals surface area (Å²) in [5.74, 6) is 1.70. The summed E-state index contributed by atoms with van der Waals surface area (Å²) in [7, 11) is -8.40. The quantitative estimate of drug-likeness (QED) is 0.124. The van der Waals surface area contributed by atoms with Gasteiger partial charge < -0.3 is 27.1 Å². The highest BCUT2D eigenvalue weighted by Gasteiger charge is 2.34. The van der Waals surface area contributed by atoms with Gasteiger partial charge in [-0.05, 0) is 83.6 Å². The number of para-hydroxylation sites is 4. The number of phosphoric acid groups is 2. The standard InChI is InChI=1S/C34H26O8P2/c35-43(37-29-13-5-1-6-14-29,38-30-15-7-2-8-16-30)41-33-23-21-27-22-24-34(26-28(27)25-33)42-44(36,39-31-17-9-3-10-18-31)40-32-19-11-4-12-20-32/h1-26H. The highest BCUT2D eigenvalue weighted by atomic mass is 31.2. The van der Waals surface area contributed by atoms with Crippen LogP contribution in [0.1, 0.15) is 0 Å². The Morgan fingerprint density at radius 1 is 0.295 bits per heavy atom. The van der Waals surface area contributed by atoms with Gasteiger partial charge in [-0.3, -0.25) is 0 Å². The molecule has 0 saturated heterocycles. The summed E-state index contributed by atoms with van der Waals surface area (Å²) in [6, 6.07) is 44.7. The molecule has 0 heterocycles. The molecule has 0 N–H and O–H groups in total. The summed E-state index contributed by atoms with van der Waals surface area (Å²) in [5.41, 5.74) is 0. The van der Waals surface area contributed by atoms with Crippen LogP contribution in [0.25, 0.3) is 10.8 Å². The van der Waals surface area contributed by atoms with Crippen LogP contribution in [0.5, 0.6) is 34.5 Å². The first-order chi connectivity index (χ1) is 21.4. The predicted molar refractivity (Wildman–Crippen MR) is 169 cm³/mol. The molecular weight excluding hydrogens is 598 g/mol. The molecule has 10 heteroatoms. The van der Waals surface area contributed by atoms with E-state index in [0.29, 0.717) is 28.4 Å². The van der Waals surface area contributed by atoms with E-state index in [2.05, 4.69) is 0 Å². The Kier molecular flexibility index (Phi) is 8.55. The molecule has 0 aliphatic carbocycles. The minimum absolute atomic E-state index is 0.217. The van der Waals surface area contributed by atoms with Crippen molar-refractivity contribution in [3.05, 3.63) is 158 Å². The molecule has 0 bridgehead atoms. The number of fused-ring (bicyclic) bond motifs is 1. The van der Waals surface area contributed by atoms with Crippen LogP contribution in [-0.2, 0) is 9.13 Å². The molecule has 0 fully saturated rings. The molecule has 0 spiro atoms. The van der Waals surface area contributed by atoms with Crippen molar-refractivity contribution in [2.45, 2.75) is 0 Å². The van der Waals surface area contributed by atoms with Crippen molar-refractivity contribution in [3.8, 4) is 34.5 Å². The van der Waals surface area contributed by atoms with Gasteiger partial charge in [0.2, 0.25) is 0 Å². The van der Waals surface area contributed by atoms with Crippen molar-refractivity contribution in [2.75, 3.05) is 0 Å². The number of rotatable bonds is 12. The highest BCUT2D eigenvalue weighted by Crippen LogP contribution is 2.51. The third-order valence-corrected chi connectivity index (χ3v) is 8.67. The van der Waals surface area contributed by atoms with Crippen molar-refractivity contribution in [1.82, 2.24) is 0 Å². The lowest BCUT2D eigenvalue weighted by Crippen LogP contribution is -2.08. The van der Waals surface area contributed by atoms with E-state index in [0.717, 1.165) is 5.39 Å². The summed E-state index contributed by atoms with van der Waals surface area (Å²) in [6.45, 7) is 0. The predicted octanol–water partition coefficient (Wildman–Crippen LogP) is 10.1. The zero-order valence-corrected chi connectivity index (χ0v) is 25.0. The van der Waals surface area contributed by atoms with Crippen molar-refractivity contribution in [3.63, 3.8) is 0 Å². The normalized spacial score (nSPS) is 11.4. The van der Waals surface area contributed by atoms with E-state index in [1.807, 2.05) is 24.3 Å². The Bertz CT molecular complexity index is 1690. The monoisotopic (exact) mass is 624 g/mol. The van der Waals surface area contributed by atoms with Crippen molar-refractivity contribution >= 4 is 26.4 Å². The summed E-state index contributed by atoms with van der Waals surface area (Å²) in [6.07, 6.45) is 0. The number of benzene rings is 6. The lowest BCUT2D eigenvalue weighted by molar-refractivity contribution is 0.297. The first-order valence-electron chi connectivity index (χ1n) is 13.6. The molecule has 0 aliphatic heterocycles. The van der Waals surface area contributed by atoms with Gasteiger partial charge in [0.1, 0.15) is 34.5 Å². The lowest BCUT2D eigenvalue weighted by Gasteiger charge is -2.20. The van der Waals surface area contributed by atoms with Crippen LogP contribution in [0.3, 0.4) is 0 Å². The number of phosphoric ester groups is 2. The average molecular weight is 625 g/mol. The second-order valence-corrected chi connectivity index (χ2v) is 12.2. The average Bonchev–Trinajstić information content (AvgIpc) is 3.02. The van der Waals surface area contributed by atoms with Gasteiger partial charge in [0.25, 0.3) is 0 Å². The summed E-state index contributed by atoms with van der Waals surface area (Å²) >= 11 is 0. The van der Waals surface area contributed by atoms with Gasteiger partial charge >= 0.3 is 15.6 Å². The van der Waals surface area contributed by atoms with Crippen molar-refractivity contribution in [2.24, 2.45) is 0 Å². The molecule has 0 aromatic heterocycles. The molecule has 6 aromatic carbocycles. The smallest absolute Gasteiger partial charge is 0.386 e. The molecule has 6 aromatic rings. The van der Waals surface area contributed by atoms with Gasteiger partial charge in [0.05, 0.1) is 0 Å². The van der Waals surface area contributed by atoms with Gasteiger partial charge in [-0.15, -0.1) is 0 Å². The maximum absolute atomic E-state index is 13.9. The van der Waals surface area contributed by atoms with E-state index >= 15 is 0 Å². The number of hydrogen-bond donors (Lipinski definition) is 0. The fourth-order valence-electron chi connectivity index (χ4n) is 4.13. The topological polar surface area (TPSA) is 89.5 Å². The van der Waals surface area contributed by atoms with Crippen LogP contribution < -0.4 is 27.1 Å². The lowest BCUT2D eigenvalue weighted by atomic mass is 10.1. The van der Waals surface area contributed by atoms with E-state index in [1.54, 1.807) is 133 Å². The molecule has 8 nitrogen and oxygen atoms in total. The Labute approximate surface area is 254 Å². The minimum atomic E-state index is -4.20. The van der Waals surface area contributed by atoms with Gasteiger partial charge in [0.15, 0.2) is 0 Å². The zero-order chi connectivity index (χ0) is 30.2. The van der Waals surface area contributed by atoms with Gasteiger partial charge in [-0.25, -0.2) is 0 Å². The molecule has 220 valence electrons. The zero-order valence-electron chi connectivity index (χ0n) is 23.2. The molecule has 0 amide bonds. The van der Waals surface area contributed by atoms with Crippen LogP contribution in [0.15, 0.2) is 158 Å². The van der Waals surface area contributed by atoms with Crippen LogP contribution >= 0.6 is 15.6 Å². The maximum atomic E-state index is 13.9. The largest absolute Gasteiger partial charge is 0.647 e. The Morgan fingerprint density at radius 2 is 0.568 bits per heavy atom. The summed E-state index contributed by atoms with van der Waals surface area (Å²) in [4.78, 5) is 0. The van der Waals surface area contributed by atoms with Gasteiger partial charge in [-0.2, -0.15) is 9.13 Å². The molecule has 0 radical (unpaired) electrons. The molecule has 0 saturated carbocycles. The molecule has 0 aliphatic rings. The van der Waals surface area contributed by atoms with E-state index in [4.69, 9.17) is 27.1 Å². The molecule has 44 heavy (non-hydrogen) atoms. The fraction of sp³-hybridized carbons (Fsp3) is 0. The second-order valence-electron chi connectivity index (χ2n) is 9.37. The Balaban J connectivity index is 1.28. The van der Waals surface area contributed by atoms with Crippen LogP contribution in [0.4, 0.5) is 0 Å². The number of hydrogen-bond acceptors (Lipinski definition) is 8. The molecule has 6 rings (SSSR count). The molecule has 0 atom stereocenters. The maximum Gasteiger partial charge on any atom is 0.647 e.